The lowest BCUT2D eigenvalue weighted by Gasteiger charge is -2.34. The SMILES string of the molecule is Nc1ccc(C(=O)N2CCN(C(=O)c3ccccc3)CC2)cc1[N+](=O)[O-]. The molecule has 0 aliphatic carbocycles. The highest BCUT2D eigenvalue weighted by Crippen LogP contribution is 2.23. The Hall–Kier alpha value is -3.42. The Morgan fingerprint density at radius 1 is 0.885 bits per heavy atom. The van der Waals surface area contributed by atoms with Crippen LogP contribution in [0.4, 0.5) is 11.4 Å². The van der Waals surface area contributed by atoms with Crippen LogP contribution in [-0.4, -0.2) is 52.7 Å². The van der Waals surface area contributed by atoms with Crippen LogP contribution in [0.2, 0.25) is 0 Å². The summed E-state index contributed by atoms with van der Waals surface area (Å²) in [5.41, 5.74) is 6.13. The van der Waals surface area contributed by atoms with Gasteiger partial charge in [0.2, 0.25) is 0 Å². The van der Waals surface area contributed by atoms with Gasteiger partial charge in [-0.15, -0.1) is 0 Å². The number of piperazine rings is 1. The van der Waals surface area contributed by atoms with Crippen molar-refractivity contribution in [2.45, 2.75) is 0 Å². The molecule has 2 N–H and O–H groups in total. The third-order valence-corrected chi connectivity index (χ3v) is 4.35. The van der Waals surface area contributed by atoms with Gasteiger partial charge in [-0.2, -0.15) is 0 Å². The number of nitro groups is 1. The molecule has 134 valence electrons. The van der Waals surface area contributed by atoms with Gasteiger partial charge in [0.05, 0.1) is 4.92 Å². The number of carbonyl (C=O) groups excluding carboxylic acids is 2. The van der Waals surface area contributed by atoms with Crippen molar-refractivity contribution in [2.24, 2.45) is 0 Å². The van der Waals surface area contributed by atoms with Crippen LogP contribution in [-0.2, 0) is 0 Å². The van der Waals surface area contributed by atoms with Crippen LogP contribution in [0.5, 0.6) is 0 Å². The van der Waals surface area contributed by atoms with Gasteiger partial charge in [0.1, 0.15) is 5.69 Å². The number of hydrogen-bond donors (Lipinski definition) is 1. The van der Waals surface area contributed by atoms with Crippen LogP contribution in [0.1, 0.15) is 20.7 Å². The first-order valence-electron chi connectivity index (χ1n) is 8.15. The maximum atomic E-state index is 12.6. The van der Waals surface area contributed by atoms with Crippen molar-refractivity contribution in [3.63, 3.8) is 0 Å². The molecule has 0 bridgehead atoms. The third-order valence-electron chi connectivity index (χ3n) is 4.35. The molecule has 1 aliphatic heterocycles. The predicted octanol–water partition coefficient (Wildman–Crippen LogP) is 1.78. The minimum absolute atomic E-state index is 0.0184. The van der Waals surface area contributed by atoms with Gasteiger partial charge in [-0.3, -0.25) is 19.7 Å². The van der Waals surface area contributed by atoms with Crippen LogP contribution in [0.15, 0.2) is 48.5 Å². The fraction of sp³-hybridized carbons (Fsp3) is 0.222. The molecule has 2 amide bonds. The van der Waals surface area contributed by atoms with Crippen molar-refractivity contribution in [3.8, 4) is 0 Å². The van der Waals surface area contributed by atoms with Gasteiger partial charge >= 0.3 is 0 Å². The number of benzene rings is 2. The number of nitro benzene ring substituents is 1. The standard InChI is InChI=1S/C18H18N4O4/c19-15-7-6-14(12-16(15)22(25)26)18(24)21-10-8-20(9-11-21)17(23)13-4-2-1-3-5-13/h1-7,12H,8-11,19H2. The molecule has 2 aromatic rings. The summed E-state index contributed by atoms with van der Waals surface area (Å²) in [7, 11) is 0. The van der Waals surface area contributed by atoms with Gasteiger partial charge in [-0.1, -0.05) is 18.2 Å². The lowest BCUT2D eigenvalue weighted by atomic mass is 10.1. The Kier molecular flexibility index (Phi) is 4.83. The van der Waals surface area contributed by atoms with E-state index < -0.39 is 4.92 Å². The molecule has 0 radical (unpaired) electrons. The minimum atomic E-state index is -0.609. The molecule has 26 heavy (non-hydrogen) atoms. The van der Waals surface area contributed by atoms with Crippen molar-refractivity contribution in [1.82, 2.24) is 9.80 Å². The van der Waals surface area contributed by atoms with E-state index in [0.29, 0.717) is 31.7 Å². The van der Waals surface area contributed by atoms with Gasteiger partial charge in [0.25, 0.3) is 17.5 Å². The molecule has 2 aromatic carbocycles. The summed E-state index contributed by atoms with van der Waals surface area (Å²) in [6.07, 6.45) is 0. The van der Waals surface area contributed by atoms with E-state index in [-0.39, 0.29) is 28.8 Å². The number of nitrogens with zero attached hydrogens (tertiary/aromatic N) is 3. The maximum Gasteiger partial charge on any atom is 0.292 e. The first kappa shape index (κ1) is 17.4. The molecule has 8 nitrogen and oxygen atoms in total. The van der Waals surface area contributed by atoms with E-state index in [4.69, 9.17) is 5.73 Å². The highest BCUT2D eigenvalue weighted by atomic mass is 16.6. The quantitative estimate of drug-likeness (QED) is 0.513. The highest BCUT2D eigenvalue weighted by molar-refractivity contribution is 5.96. The van der Waals surface area contributed by atoms with E-state index >= 15 is 0 Å². The number of rotatable bonds is 3. The molecule has 8 heteroatoms. The van der Waals surface area contributed by atoms with Gasteiger partial charge in [0.15, 0.2) is 0 Å². The molecule has 1 saturated heterocycles. The summed E-state index contributed by atoms with van der Waals surface area (Å²) in [6.45, 7) is 1.57. The minimum Gasteiger partial charge on any atom is -0.393 e. The third kappa shape index (κ3) is 3.49. The molecular weight excluding hydrogens is 336 g/mol. The van der Waals surface area contributed by atoms with Gasteiger partial charge < -0.3 is 15.5 Å². The number of anilines is 1. The molecule has 0 unspecified atom stereocenters. The lowest BCUT2D eigenvalue weighted by Crippen LogP contribution is -2.50. The predicted molar refractivity (Wildman–Crippen MR) is 95.8 cm³/mol. The maximum absolute atomic E-state index is 12.6. The molecular formula is C18H18N4O4. The fourth-order valence-electron chi connectivity index (χ4n) is 2.89. The lowest BCUT2D eigenvalue weighted by molar-refractivity contribution is -0.383. The Morgan fingerprint density at radius 3 is 1.96 bits per heavy atom. The number of nitrogen functional groups attached to an aromatic ring is 1. The van der Waals surface area contributed by atoms with Gasteiger partial charge in [-0.05, 0) is 24.3 Å². The first-order chi connectivity index (χ1) is 12.5. The summed E-state index contributed by atoms with van der Waals surface area (Å²) in [5, 5.41) is 11.0. The summed E-state index contributed by atoms with van der Waals surface area (Å²) in [4.78, 5) is 38.7. The molecule has 0 spiro atoms. The van der Waals surface area contributed by atoms with Crippen molar-refractivity contribution >= 4 is 23.2 Å². The zero-order valence-electron chi connectivity index (χ0n) is 14.0. The largest absolute Gasteiger partial charge is 0.393 e. The zero-order chi connectivity index (χ0) is 18.7. The second-order valence-electron chi connectivity index (χ2n) is 5.98. The van der Waals surface area contributed by atoms with Crippen LogP contribution < -0.4 is 5.73 Å². The van der Waals surface area contributed by atoms with Crippen molar-refractivity contribution < 1.29 is 14.5 Å². The van der Waals surface area contributed by atoms with E-state index in [1.54, 1.807) is 34.1 Å². The second kappa shape index (κ2) is 7.22. The van der Waals surface area contributed by atoms with Gasteiger partial charge in [0, 0.05) is 43.4 Å². The molecule has 1 fully saturated rings. The second-order valence-corrected chi connectivity index (χ2v) is 5.98. The zero-order valence-corrected chi connectivity index (χ0v) is 14.0. The van der Waals surface area contributed by atoms with Crippen LogP contribution in [0.25, 0.3) is 0 Å². The molecule has 0 saturated carbocycles. The van der Waals surface area contributed by atoms with Crippen LogP contribution >= 0.6 is 0 Å². The highest BCUT2D eigenvalue weighted by Gasteiger charge is 2.26. The number of amides is 2. The summed E-state index contributed by atoms with van der Waals surface area (Å²) >= 11 is 0. The van der Waals surface area contributed by atoms with Crippen LogP contribution in [0.3, 0.4) is 0 Å². The molecule has 1 heterocycles. The van der Waals surface area contributed by atoms with E-state index in [1.807, 2.05) is 6.07 Å². The van der Waals surface area contributed by atoms with Crippen LogP contribution in [0, 0.1) is 10.1 Å². The van der Waals surface area contributed by atoms with Crippen molar-refractivity contribution in [2.75, 3.05) is 31.9 Å². The van der Waals surface area contributed by atoms with E-state index in [9.17, 15) is 19.7 Å². The Balaban J connectivity index is 1.66. The Bertz CT molecular complexity index is 846. The van der Waals surface area contributed by atoms with Crippen molar-refractivity contribution in [3.05, 3.63) is 69.8 Å². The molecule has 3 rings (SSSR count). The summed E-state index contributed by atoms with van der Waals surface area (Å²) < 4.78 is 0. The Morgan fingerprint density at radius 2 is 1.42 bits per heavy atom. The van der Waals surface area contributed by atoms with Gasteiger partial charge in [-0.25, -0.2) is 0 Å². The summed E-state index contributed by atoms with van der Waals surface area (Å²) in [6, 6.07) is 13.0. The number of nitrogens with two attached hydrogens (primary N) is 1. The van der Waals surface area contributed by atoms with Crippen molar-refractivity contribution in [1.29, 1.82) is 0 Å². The first-order valence-corrected chi connectivity index (χ1v) is 8.15. The molecule has 0 aromatic heterocycles. The van der Waals surface area contributed by atoms with E-state index in [0.717, 1.165) is 0 Å². The number of carbonyl (C=O) groups is 2. The average Bonchev–Trinajstić information content (AvgIpc) is 2.68. The Labute approximate surface area is 150 Å². The molecule has 0 atom stereocenters. The number of hydrogen-bond acceptors (Lipinski definition) is 5. The average molecular weight is 354 g/mol. The van der Waals surface area contributed by atoms with E-state index in [2.05, 4.69) is 0 Å². The van der Waals surface area contributed by atoms with E-state index in [1.165, 1.54) is 18.2 Å². The monoisotopic (exact) mass is 354 g/mol. The normalized spacial score (nSPS) is 14.2. The summed E-state index contributed by atoms with van der Waals surface area (Å²) in [5.74, 6) is -0.374. The molecule has 1 aliphatic rings. The smallest absolute Gasteiger partial charge is 0.292 e. The fourth-order valence-corrected chi connectivity index (χ4v) is 2.89. The topological polar surface area (TPSA) is 110 Å².